The van der Waals surface area contributed by atoms with Gasteiger partial charge >= 0.3 is 6.18 Å². The largest absolute Gasteiger partial charge is 0.490 e. The molecule has 11 nitrogen and oxygen atoms in total. The third-order valence-corrected chi connectivity index (χ3v) is 9.46. The normalized spacial score (nSPS) is 20.7. The molecule has 0 saturated carbocycles. The zero-order valence-electron chi connectivity index (χ0n) is 28.5. The maximum Gasteiger partial charge on any atom is 0.405 e. The smallest absolute Gasteiger partial charge is 0.405 e. The molecule has 0 radical (unpaired) electrons. The minimum absolute atomic E-state index is 0.00657. The molecule has 276 valence electrons. The van der Waals surface area contributed by atoms with Gasteiger partial charge in [0.2, 0.25) is 11.8 Å². The molecule has 6 rings (SSSR count). The van der Waals surface area contributed by atoms with E-state index in [0.29, 0.717) is 37.4 Å². The van der Waals surface area contributed by atoms with Gasteiger partial charge in [-0.25, -0.2) is 4.98 Å². The summed E-state index contributed by atoms with van der Waals surface area (Å²) in [6.07, 6.45) is -2.80. The predicted molar refractivity (Wildman–Crippen MR) is 186 cm³/mol. The zero-order chi connectivity index (χ0) is 36.7. The van der Waals surface area contributed by atoms with Crippen LogP contribution in [0.4, 0.5) is 13.2 Å². The first kappa shape index (κ1) is 37.0. The van der Waals surface area contributed by atoms with Gasteiger partial charge in [-0.2, -0.15) is 13.2 Å². The first-order chi connectivity index (χ1) is 25.0. The number of β-amino-alcohol motifs (C(OH)–C–C–N with tert-alkyl or cyclic N) is 1. The van der Waals surface area contributed by atoms with Crippen molar-refractivity contribution in [1.29, 1.82) is 0 Å². The Balaban J connectivity index is 1.15. The molecule has 52 heavy (non-hydrogen) atoms. The van der Waals surface area contributed by atoms with Crippen LogP contribution in [0.15, 0.2) is 97.5 Å². The van der Waals surface area contributed by atoms with Crippen molar-refractivity contribution >= 4 is 11.8 Å². The summed E-state index contributed by atoms with van der Waals surface area (Å²) in [5.41, 5.74) is 3.18. The van der Waals surface area contributed by atoms with Crippen molar-refractivity contribution in [3.05, 3.63) is 114 Å². The van der Waals surface area contributed by atoms with Crippen molar-refractivity contribution in [3.63, 3.8) is 0 Å². The average molecular weight is 721 g/mol. The number of alkyl halides is 3. The highest BCUT2D eigenvalue weighted by atomic mass is 19.4. The number of rotatable bonds is 13. The lowest BCUT2D eigenvalue weighted by molar-refractivity contribution is -0.143. The quantitative estimate of drug-likeness (QED) is 0.166. The second-order valence-corrected chi connectivity index (χ2v) is 13.4. The molecule has 0 aliphatic carbocycles. The SMILES string of the molecule is O=C(N[C@H]1c2ccccc2OCC1O)[C@H](Cc1ccccc1)C[C@H](O)CN1CCN(Cc2cn(-c3ccccc3)cn2)C[C@H]1C(=O)NCC(F)(F)F. The molecule has 1 aromatic heterocycles. The predicted octanol–water partition coefficient (Wildman–Crippen LogP) is 3.26. The Labute approximate surface area is 300 Å². The second kappa shape index (κ2) is 16.7. The molecule has 1 unspecified atom stereocenters. The highest BCUT2D eigenvalue weighted by Gasteiger charge is 2.38. The topological polar surface area (TPSA) is 132 Å². The number of aliphatic hydroxyl groups is 2. The first-order valence-electron chi connectivity index (χ1n) is 17.3. The Morgan fingerprint density at radius 1 is 0.981 bits per heavy atom. The molecular formula is C38H43F3N6O5. The van der Waals surface area contributed by atoms with Gasteiger partial charge in [0.25, 0.3) is 0 Å². The number of aromatic nitrogens is 2. The summed E-state index contributed by atoms with van der Waals surface area (Å²) in [7, 11) is 0. The second-order valence-electron chi connectivity index (χ2n) is 13.4. The van der Waals surface area contributed by atoms with E-state index in [-0.39, 0.29) is 32.0 Å². The summed E-state index contributed by atoms with van der Waals surface area (Å²) in [5, 5.41) is 27.2. The molecule has 2 aliphatic rings. The molecule has 4 N–H and O–H groups in total. The van der Waals surface area contributed by atoms with E-state index in [1.165, 1.54) is 0 Å². The Hall–Kier alpha value is -4.76. The number of carbonyl (C=O) groups is 2. The molecule has 5 atom stereocenters. The maximum absolute atomic E-state index is 13.9. The highest BCUT2D eigenvalue weighted by Crippen LogP contribution is 2.32. The molecule has 4 aromatic rings. The van der Waals surface area contributed by atoms with Gasteiger partial charge in [-0.1, -0.05) is 66.7 Å². The number of para-hydroxylation sites is 2. The van der Waals surface area contributed by atoms with Crippen molar-refractivity contribution in [2.24, 2.45) is 5.92 Å². The van der Waals surface area contributed by atoms with E-state index in [9.17, 15) is 33.0 Å². The van der Waals surface area contributed by atoms with Crippen LogP contribution in [0.2, 0.25) is 0 Å². The van der Waals surface area contributed by atoms with Crippen LogP contribution < -0.4 is 15.4 Å². The minimum Gasteiger partial charge on any atom is -0.490 e. The third kappa shape index (κ3) is 9.76. The molecule has 1 saturated heterocycles. The molecular weight excluding hydrogens is 677 g/mol. The van der Waals surface area contributed by atoms with Crippen LogP contribution in [0.3, 0.4) is 0 Å². The highest BCUT2D eigenvalue weighted by molar-refractivity contribution is 5.82. The Bertz CT molecular complexity index is 1780. The number of carbonyl (C=O) groups excluding carboxylic acids is 2. The lowest BCUT2D eigenvalue weighted by Crippen LogP contribution is -2.60. The van der Waals surface area contributed by atoms with Crippen molar-refractivity contribution in [2.45, 2.75) is 49.9 Å². The van der Waals surface area contributed by atoms with Gasteiger partial charge in [0.05, 0.1) is 24.2 Å². The summed E-state index contributed by atoms with van der Waals surface area (Å²) >= 11 is 0. The average Bonchev–Trinajstić information content (AvgIpc) is 3.61. The van der Waals surface area contributed by atoms with Crippen LogP contribution in [0, 0.1) is 5.92 Å². The number of piperazine rings is 1. The van der Waals surface area contributed by atoms with Crippen LogP contribution in [0.5, 0.6) is 5.75 Å². The number of imidazole rings is 1. The molecule has 3 aromatic carbocycles. The maximum atomic E-state index is 13.9. The Morgan fingerprint density at radius 3 is 2.44 bits per heavy atom. The fourth-order valence-corrected chi connectivity index (χ4v) is 6.86. The number of amides is 2. The van der Waals surface area contributed by atoms with E-state index in [4.69, 9.17) is 4.74 Å². The van der Waals surface area contributed by atoms with Gasteiger partial charge in [-0.3, -0.25) is 19.4 Å². The molecule has 0 spiro atoms. The summed E-state index contributed by atoms with van der Waals surface area (Å²) in [4.78, 5) is 35.3. The summed E-state index contributed by atoms with van der Waals surface area (Å²) in [6.45, 7) is -0.247. The van der Waals surface area contributed by atoms with Crippen molar-refractivity contribution in [1.82, 2.24) is 30.0 Å². The molecule has 3 heterocycles. The van der Waals surface area contributed by atoms with E-state index < -0.39 is 48.8 Å². The number of hydrogen-bond acceptors (Lipinski definition) is 8. The van der Waals surface area contributed by atoms with Gasteiger partial charge in [-0.05, 0) is 36.6 Å². The number of hydrogen-bond donors (Lipinski definition) is 4. The van der Waals surface area contributed by atoms with Crippen LogP contribution in [0.1, 0.15) is 29.3 Å². The van der Waals surface area contributed by atoms with Gasteiger partial charge < -0.3 is 30.2 Å². The number of nitrogens with one attached hydrogen (secondary N) is 2. The van der Waals surface area contributed by atoms with E-state index in [1.54, 1.807) is 35.5 Å². The van der Waals surface area contributed by atoms with E-state index in [2.05, 4.69) is 10.3 Å². The van der Waals surface area contributed by atoms with Crippen LogP contribution in [-0.2, 0) is 22.6 Å². The molecule has 0 bridgehead atoms. The molecule has 2 amide bonds. The monoisotopic (exact) mass is 720 g/mol. The van der Waals surface area contributed by atoms with Gasteiger partial charge in [0, 0.05) is 56.1 Å². The Kier molecular flexibility index (Phi) is 11.9. The van der Waals surface area contributed by atoms with Crippen LogP contribution >= 0.6 is 0 Å². The number of halogens is 3. The van der Waals surface area contributed by atoms with Crippen molar-refractivity contribution in [3.8, 4) is 11.4 Å². The van der Waals surface area contributed by atoms with E-state index in [1.807, 2.05) is 81.6 Å². The van der Waals surface area contributed by atoms with Crippen molar-refractivity contribution in [2.75, 3.05) is 39.3 Å². The number of benzene rings is 3. The number of fused-ring (bicyclic) bond motifs is 1. The third-order valence-electron chi connectivity index (χ3n) is 9.46. The van der Waals surface area contributed by atoms with Gasteiger partial charge in [0.1, 0.15) is 31.0 Å². The molecule has 1 fully saturated rings. The Morgan fingerprint density at radius 2 is 1.69 bits per heavy atom. The number of aliphatic hydroxyl groups excluding tert-OH is 2. The minimum atomic E-state index is -4.59. The summed E-state index contributed by atoms with van der Waals surface area (Å²) in [6, 6.07) is 24.4. The van der Waals surface area contributed by atoms with Crippen LogP contribution in [-0.4, -0.2) is 105 Å². The van der Waals surface area contributed by atoms with Crippen LogP contribution in [0.25, 0.3) is 5.69 Å². The van der Waals surface area contributed by atoms with Gasteiger partial charge in [-0.15, -0.1) is 0 Å². The first-order valence-corrected chi connectivity index (χ1v) is 17.3. The molecule has 14 heteroatoms. The fourth-order valence-electron chi connectivity index (χ4n) is 6.86. The van der Waals surface area contributed by atoms with E-state index in [0.717, 1.165) is 16.9 Å². The number of nitrogens with zero attached hydrogens (tertiary/aromatic N) is 4. The standard InChI is InChI=1S/C38H43F3N6O5/c39-38(40,41)24-42-37(51)32-22-45(19-28-20-47(25-43-28)29-11-5-2-6-12-29)15-16-46(32)21-30(48)18-27(17-26-9-3-1-4-10-26)36(50)44-35-31-13-7-8-14-34(31)52-23-33(35)49/h1-14,20,25,27,30,32-33,35,48-49H,15-19,21-24H2,(H,42,51)(H,44,50)/t27-,30+,32+,33?,35+/m1/s1. The van der Waals surface area contributed by atoms with Gasteiger partial charge in [0.15, 0.2) is 0 Å². The van der Waals surface area contributed by atoms with E-state index >= 15 is 0 Å². The zero-order valence-corrected chi connectivity index (χ0v) is 28.5. The lowest BCUT2D eigenvalue weighted by Gasteiger charge is -2.41. The summed E-state index contributed by atoms with van der Waals surface area (Å²) in [5.74, 6) is -1.33. The summed E-state index contributed by atoms with van der Waals surface area (Å²) < 4.78 is 46.9. The lowest BCUT2D eigenvalue weighted by atomic mass is 9.90. The fraction of sp³-hybridized carbons (Fsp3) is 0.395. The molecule has 2 aliphatic heterocycles. The number of ether oxygens (including phenoxy) is 1. The van der Waals surface area contributed by atoms with Crippen molar-refractivity contribution < 1.29 is 37.7 Å².